The number of methoxy groups -OCH3 is 2. The molecule has 5 nitrogen and oxygen atoms in total. The summed E-state index contributed by atoms with van der Waals surface area (Å²) >= 11 is 0. The predicted molar refractivity (Wildman–Crippen MR) is 95.3 cm³/mol. The van der Waals surface area contributed by atoms with E-state index in [0.717, 1.165) is 22.0 Å². The Morgan fingerprint density at radius 3 is 2.46 bits per heavy atom. The number of nitrogens with one attached hydrogen (secondary N) is 2. The highest BCUT2D eigenvalue weighted by Crippen LogP contribution is 2.30. The van der Waals surface area contributed by atoms with Crippen molar-refractivity contribution in [1.82, 2.24) is 4.98 Å². The van der Waals surface area contributed by atoms with E-state index in [1.165, 1.54) is 0 Å². The molecular weight excluding hydrogens is 304 g/mol. The zero-order chi connectivity index (χ0) is 17.3. The molecule has 3 aromatic rings. The van der Waals surface area contributed by atoms with Crippen LogP contribution < -0.4 is 14.8 Å². The first-order valence-corrected chi connectivity index (χ1v) is 7.65. The largest absolute Gasteiger partial charge is 0.493 e. The summed E-state index contributed by atoms with van der Waals surface area (Å²) in [4.78, 5) is 15.8. The van der Waals surface area contributed by atoms with E-state index in [-0.39, 0.29) is 5.91 Å². The van der Waals surface area contributed by atoms with Gasteiger partial charge in [-0.3, -0.25) is 4.79 Å². The van der Waals surface area contributed by atoms with Crippen molar-refractivity contribution in [3.8, 4) is 11.5 Å². The van der Waals surface area contributed by atoms with Gasteiger partial charge in [0.15, 0.2) is 11.5 Å². The molecule has 0 saturated carbocycles. The number of amides is 1. The zero-order valence-electron chi connectivity index (χ0n) is 14.2. The molecular formula is C19H20N2O3. The molecule has 1 amide bonds. The smallest absolute Gasteiger partial charge is 0.272 e. The molecule has 0 atom stereocenters. The van der Waals surface area contributed by atoms with Crippen LogP contribution in [0, 0.1) is 13.8 Å². The highest BCUT2D eigenvalue weighted by atomic mass is 16.5. The summed E-state index contributed by atoms with van der Waals surface area (Å²) in [6.07, 6.45) is 0. The van der Waals surface area contributed by atoms with E-state index in [0.29, 0.717) is 22.9 Å². The fourth-order valence-electron chi connectivity index (χ4n) is 2.79. The van der Waals surface area contributed by atoms with Crippen LogP contribution >= 0.6 is 0 Å². The lowest BCUT2D eigenvalue weighted by atomic mass is 10.1. The van der Waals surface area contributed by atoms with Crippen LogP contribution in [0.5, 0.6) is 11.5 Å². The number of aromatic amines is 1. The van der Waals surface area contributed by atoms with Crippen molar-refractivity contribution in [2.24, 2.45) is 0 Å². The number of hydrogen-bond acceptors (Lipinski definition) is 3. The maximum absolute atomic E-state index is 12.6. The number of benzene rings is 2. The Morgan fingerprint density at radius 1 is 1.00 bits per heavy atom. The van der Waals surface area contributed by atoms with Gasteiger partial charge in [0.25, 0.3) is 5.91 Å². The van der Waals surface area contributed by atoms with Crippen LogP contribution in [-0.4, -0.2) is 25.1 Å². The maximum Gasteiger partial charge on any atom is 0.272 e. The number of ether oxygens (including phenoxy) is 2. The first-order chi connectivity index (χ1) is 11.5. The molecule has 0 saturated heterocycles. The molecule has 0 radical (unpaired) electrons. The molecule has 24 heavy (non-hydrogen) atoms. The van der Waals surface area contributed by atoms with Crippen LogP contribution in [0.4, 0.5) is 5.69 Å². The second kappa shape index (κ2) is 6.28. The van der Waals surface area contributed by atoms with Crippen LogP contribution in [0.15, 0.2) is 36.4 Å². The van der Waals surface area contributed by atoms with Gasteiger partial charge in [-0.15, -0.1) is 0 Å². The molecule has 3 rings (SSSR count). The van der Waals surface area contributed by atoms with Gasteiger partial charge in [-0.25, -0.2) is 0 Å². The quantitative estimate of drug-likeness (QED) is 0.761. The first kappa shape index (κ1) is 15.9. The van der Waals surface area contributed by atoms with E-state index in [4.69, 9.17) is 9.47 Å². The van der Waals surface area contributed by atoms with Gasteiger partial charge < -0.3 is 19.8 Å². The number of rotatable bonds is 4. The third-order valence-corrected chi connectivity index (χ3v) is 4.08. The van der Waals surface area contributed by atoms with E-state index in [9.17, 15) is 4.79 Å². The number of anilines is 1. The predicted octanol–water partition coefficient (Wildman–Crippen LogP) is 4.05. The van der Waals surface area contributed by atoms with E-state index in [2.05, 4.69) is 10.3 Å². The summed E-state index contributed by atoms with van der Waals surface area (Å²) in [7, 11) is 3.14. The van der Waals surface area contributed by atoms with Crippen molar-refractivity contribution in [2.75, 3.05) is 19.5 Å². The molecule has 0 aliphatic carbocycles. The SMILES string of the molecule is COc1ccc(NC(=O)c2[nH]c3cc(C)ccc3c2C)cc1OC. The Balaban J connectivity index is 1.91. The summed E-state index contributed by atoms with van der Waals surface area (Å²) in [5, 5.41) is 3.95. The summed E-state index contributed by atoms with van der Waals surface area (Å²) in [6.45, 7) is 3.97. The van der Waals surface area contributed by atoms with Gasteiger partial charge in [0, 0.05) is 22.7 Å². The van der Waals surface area contributed by atoms with Crippen LogP contribution in [0.25, 0.3) is 10.9 Å². The van der Waals surface area contributed by atoms with Crippen LogP contribution in [0.3, 0.4) is 0 Å². The number of aryl methyl sites for hydroxylation is 2. The average molecular weight is 324 g/mol. The number of H-pyrrole nitrogens is 1. The molecule has 0 spiro atoms. The number of aromatic nitrogens is 1. The Labute approximate surface area is 140 Å². The standard InChI is InChI=1S/C19H20N2O3/c1-11-5-7-14-12(2)18(21-15(14)9-11)19(22)20-13-6-8-16(23-3)17(10-13)24-4/h5-10,21H,1-4H3,(H,20,22). The van der Waals surface area contributed by atoms with Crippen molar-refractivity contribution < 1.29 is 14.3 Å². The fourth-order valence-corrected chi connectivity index (χ4v) is 2.79. The molecule has 2 aromatic carbocycles. The van der Waals surface area contributed by atoms with Crippen molar-refractivity contribution in [2.45, 2.75) is 13.8 Å². The normalized spacial score (nSPS) is 10.7. The maximum atomic E-state index is 12.6. The van der Waals surface area contributed by atoms with Gasteiger partial charge in [-0.05, 0) is 43.2 Å². The lowest BCUT2D eigenvalue weighted by Crippen LogP contribution is -2.13. The van der Waals surface area contributed by atoms with Gasteiger partial charge in [0.2, 0.25) is 0 Å². The zero-order valence-corrected chi connectivity index (χ0v) is 14.2. The Morgan fingerprint density at radius 2 is 1.75 bits per heavy atom. The fraction of sp³-hybridized carbons (Fsp3) is 0.211. The highest BCUT2D eigenvalue weighted by molar-refractivity contribution is 6.08. The average Bonchev–Trinajstić information content (AvgIpc) is 2.90. The first-order valence-electron chi connectivity index (χ1n) is 7.65. The summed E-state index contributed by atoms with van der Waals surface area (Å²) in [5.74, 6) is 1.00. The molecule has 1 heterocycles. The van der Waals surface area contributed by atoms with Gasteiger partial charge in [0.05, 0.1) is 14.2 Å². The topological polar surface area (TPSA) is 63.3 Å². The molecule has 124 valence electrons. The highest BCUT2D eigenvalue weighted by Gasteiger charge is 2.15. The van der Waals surface area contributed by atoms with Gasteiger partial charge >= 0.3 is 0 Å². The lowest BCUT2D eigenvalue weighted by molar-refractivity contribution is 0.102. The van der Waals surface area contributed by atoms with Gasteiger partial charge in [-0.1, -0.05) is 12.1 Å². The van der Waals surface area contributed by atoms with Crippen molar-refractivity contribution in [3.63, 3.8) is 0 Å². The second-order valence-corrected chi connectivity index (χ2v) is 5.70. The minimum absolute atomic E-state index is 0.187. The summed E-state index contributed by atoms with van der Waals surface area (Å²) < 4.78 is 10.5. The Bertz CT molecular complexity index is 912. The molecule has 0 unspecified atom stereocenters. The molecule has 0 aliphatic heterocycles. The number of hydrogen-bond donors (Lipinski definition) is 2. The van der Waals surface area contributed by atoms with Crippen LogP contribution in [0.1, 0.15) is 21.6 Å². The van der Waals surface area contributed by atoms with E-state index in [1.807, 2.05) is 32.0 Å². The molecule has 0 aliphatic rings. The second-order valence-electron chi connectivity index (χ2n) is 5.70. The minimum atomic E-state index is -0.187. The molecule has 0 fully saturated rings. The third-order valence-electron chi connectivity index (χ3n) is 4.08. The van der Waals surface area contributed by atoms with Crippen molar-refractivity contribution in [3.05, 3.63) is 53.2 Å². The lowest BCUT2D eigenvalue weighted by Gasteiger charge is -2.10. The summed E-state index contributed by atoms with van der Waals surface area (Å²) in [6, 6.07) is 11.4. The number of fused-ring (bicyclic) bond motifs is 1. The molecule has 5 heteroatoms. The third kappa shape index (κ3) is 2.80. The van der Waals surface area contributed by atoms with Crippen LogP contribution in [0.2, 0.25) is 0 Å². The number of carbonyl (C=O) groups excluding carboxylic acids is 1. The van der Waals surface area contributed by atoms with E-state index >= 15 is 0 Å². The van der Waals surface area contributed by atoms with Crippen molar-refractivity contribution >= 4 is 22.5 Å². The number of carbonyl (C=O) groups is 1. The Kier molecular flexibility index (Phi) is 4.16. The summed E-state index contributed by atoms with van der Waals surface area (Å²) in [5.41, 5.74) is 4.25. The van der Waals surface area contributed by atoms with E-state index < -0.39 is 0 Å². The molecule has 0 bridgehead atoms. The minimum Gasteiger partial charge on any atom is -0.493 e. The van der Waals surface area contributed by atoms with Crippen LogP contribution in [-0.2, 0) is 0 Å². The Hall–Kier alpha value is -2.95. The molecule has 2 N–H and O–H groups in total. The monoisotopic (exact) mass is 324 g/mol. The molecule has 1 aromatic heterocycles. The van der Waals surface area contributed by atoms with Gasteiger partial charge in [0.1, 0.15) is 5.69 Å². The van der Waals surface area contributed by atoms with Gasteiger partial charge in [-0.2, -0.15) is 0 Å². The van der Waals surface area contributed by atoms with Crippen molar-refractivity contribution in [1.29, 1.82) is 0 Å². The van der Waals surface area contributed by atoms with E-state index in [1.54, 1.807) is 32.4 Å².